The quantitative estimate of drug-likeness (QED) is 0.236. The van der Waals surface area contributed by atoms with Crippen molar-refractivity contribution >= 4 is 22.9 Å². The molecule has 2 heterocycles. The maximum atomic E-state index is 13.2. The average molecular weight is 502 g/mol. The number of ether oxygens (including phenoxy) is 3. The standard InChI is InChI=1S/C25H26O11/c1-33-25(32)35-11-19-21(29)22(30)23(31)24(36-19)15-9-14(26)10-17(28)20(15)16(27)4-2-12-3-5-18-13(8-12)6-7-34-18/h3,5-10,19,21-24,26,28-31H,2,4,11H2,1H3/t19-,21-,22+,23-,24+/m1/s1. The van der Waals surface area contributed by atoms with Gasteiger partial charge in [-0.2, -0.15) is 0 Å². The van der Waals surface area contributed by atoms with Crippen molar-refractivity contribution in [3.8, 4) is 11.5 Å². The van der Waals surface area contributed by atoms with Gasteiger partial charge < -0.3 is 44.2 Å². The molecular weight excluding hydrogens is 476 g/mol. The van der Waals surface area contributed by atoms with Crippen molar-refractivity contribution in [2.75, 3.05) is 13.7 Å². The molecule has 1 aromatic heterocycles. The van der Waals surface area contributed by atoms with Crippen molar-refractivity contribution in [2.24, 2.45) is 0 Å². The smallest absolute Gasteiger partial charge is 0.508 e. The van der Waals surface area contributed by atoms with Gasteiger partial charge in [0.05, 0.1) is 18.9 Å². The number of methoxy groups -OCH3 is 1. The molecule has 11 nitrogen and oxygen atoms in total. The molecule has 36 heavy (non-hydrogen) atoms. The first-order chi connectivity index (χ1) is 17.2. The fraction of sp³-hybridized carbons (Fsp3) is 0.360. The van der Waals surface area contributed by atoms with Crippen molar-refractivity contribution in [3.63, 3.8) is 0 Å². The predicted octanol–water partition coefficient (Wildman–Crippen LogP) is 1.97. The van der Waals surface area contributed by atoms with Crippen LogP contribution in [0.3, 0.4) is 0 Å². The number of rotatable bonds is 7. The molecule has 0 radical (unpaired) electrons. The van der Waals surface area contributed by atoms with Crippen molar-refractivity contribution in [3.05, 3.63) is 59.4 Å². The Morgan fingerprint density at radius 2 is 1.78 bits per heavy atom. The molecule has 192 valence electrons. The molecule has 1 fully saturated rings. The first kappa shape index (κ1) is 25.5. The largest absolute Gasteiger partial charge is 0.508 e. The van der Waals surface area contributed by atoms with Crippen LogP contribution in [-0.2, 0) is 20.6 Å². The third kappa shape index (κ3) is 5.14. The van der Waals surface area contributed by atoms with Crippen LogP contribution < -0.4 is 0 Å². The summed E-state index contributed by atoms with van der Waals surface area (Å²) in [5.74, 6) is -1.46. The Morgan fingerprint density at radius 3 is 2.53 bits per heavy atom. The monoisotopic (exact) mass is 502 g/mol. The first-order valence-electron chi connectivity index (χ1n) is 11.1. The number of furan rings is 1. The number of aryl methyl sites for hydroxylation is 1. The highest BCUT2D eigenvalue weighted by Gasteiger charge is 2.46. The molecule has 0 bridgehead atoms. The van der Waals surface area contributed by atoms with Crippen molar-refractivity contribution < 1.29 is 53.7 Å². The normalized spacial score (nSPS) is 23.9. The Labute approximate surface area is 205 Å². The summed E-state index contributed by atoms with van der Waals surface area (Å²) in [4.78, 5) is 24.5. The number of aliphatic hydroxyl groups is 3. The van der Waals surface area contributed by atoms with Gasteiger partial charge in [0.15, 0.2) is 5.78 Å². The molecule has 0 amide bonds. The summed E-state index contributed by atoms with van der Waals surface area (Å²) in [6.07, 6.45) is -7.07. The molecule has 1 saturated heterocycles. The molecule has 4 rings (SSSR count). The van der Waals surface area contributed by atoms with E-state index >= 15 is 0 Å². The van der Waals surface area contributed by atoms with E-state index in [1.165, 1.54) is 0 Å². The number of aromatic hydroxyl groups is 2. The molecule has 1 aliphatic rings. The van der Waals surface area contributed by atoms with Crippen LogP contribution in [0.5, 0.6) is 11.5 Å². The highest BCUT2D eigenvalue weighted by atomic mass is 16.7. The zero-order valence-corrected chi connectivity index (χ0v) is 19.2. The summed E-state index contributed by atoms with van der Waals surface area (Å²) >= 11 is 0. The van der Waals surface area contributed by atoms with E-state index in [1.807, 2.05) is 12.1 Å². The first-order valence-corrected chi connectivity index (χ1v) is 11.1. The van der Waals surface area contributed by atoms with Crippen molar-refractivity contribution in [2.45, 2.75) is 43.4 Å². The number of carbonyl (C=O) groups is 2. The average Bonchev–Trinajstić information content (AvgIpc) is 3.32. The number of hydrogen-bond donors (Lipinski definition) is 5. The van der Waals surface area contributed by atoms with Gasteiger partial charge >= 0.3 is 6.16 Å². The fourth-order valence-electron chi connectivity index (χ4n) is 4.27. The summed E-state index contributed by atoms with van der Waals surface area (Å²) in [5.41, 5.74) is 1.25. The number of fused-ring (bicyclic) bond motifs is 1. The second-order valence-corrected chi connectivity index (χ2v) is 8.48. The van der Waals surface area contributed by atoms with Gasteiger partial charge in [-0.25, -0.2) is 4.79 Å². The van der Waals surface area contributed by atoms with Gasteiger partial charge in [-0.05, 0) is 36.2 Å². The van der Waals surface area contributed by atoms with E-state index < -0.39 is 60.6 Å². The van der Waals surface area contributed by atoms with Gasteiger partial charge in [-0.3, -0.25) is 4.79 Å². The molecule has 11 heteroatoms. The molecule has 1 aliphatic heterocycles. The van der Waals surface area contributed by atoms with E-state index in [1.54, 1.807) is 18.4 Å². The molecule has 5 atom stereocenters. The van der Waals surface area contributed by atoms with Crippen LogP contribution in [0.25, 0.3) is 11.0 Å². The third-order valence-corrected chi connectivity index (χ3v) is 6.12. The van der Waals surface area contributed by atoms with E-state index in [-0.39, 0.29) is 17.5 Å². The second kappa shape index (κ2) is 10.5. The highest BCUT2D eigenvalue weighted by Crippen LogP contribution is 2.39. The lowest BCUT2D eigenvalue weighted by Gasteiger charge is -2.41. The summed E-state index contributed by atoms with van der Waals surface area (Å²) < 4.78 is 20.2. The molecule has 0 spiro atoms. The minimum Gasteiger partial charge on any atom is -0.508 e. The Hall–Kier alpha value is -3.64. The Kier molecular flexibility index (Phi) is 7.45. The van der Waals surface area contributed by atoms with Gasteiger partial charge in [0.2, 0.25) is 0 Å². The zero-order valence-electron chi connectivity index (χ0n) is 19.2. The number of carbonyl (C=O) groups excluding carboxylic acids is 2. The lowest BCUT2D eigenvalue weighted by Crippen LogP contribution is -2.55. The van der Waals surface area contributed by atoms with Crippen LogP contribution in [-0.4, -0.2) is 75.6 Å². The number of Topliss-reactive ketones (excluding diaryl/α,β-unsaturated/α-hetero) is 1. The lowest BCUT2D eigenvalue weighted by molar-refractivity contribution is -0.232. The number of phenols is 2. The highest BCUT2D eigenvalue weighted by molar-refractivity contribution is 6.00. The minimum atomic E-state index is -1.75. The van der Waals surface area contributed by atoms with E-state index in [9.17, 15) is 35.1 Å². The number of phenolic OH excluding ortho intramolecular Hbond substituents is 2. The Bertz CT molecular complexity index is 1250. The topological polar surface area (TPSA) is 176 Å². The molecule has 0 unspecified atom stereocenters. The number of aliphatic hydroxyl groups excluding tert-OH is 3. The summed E-state index contributed by atoms with van der Waals surface area (Å²) in [6.45, 7) is -0.529. The van der Waals surface area contributed by atoms with Gasteiger partial charge in [-0.1, -0.05) is 6.07 Å². The predicted molar refractivity (Wildman–Crippen MR) is 123 cm³/mol. The van der Waals surface area contributed by atoms with Gasteiger partial charge in [0.25, 0.3) is 0 Å². The fourth-order valence-corrected chi connectivity index (χ4v) is 4.27. The van der Waals surface area contributed by atoms with E-state index in [0.717, 1.165) is 30.2 Å². The second-order valence-electron chi connectivity index (χ2n) is 8.48. The summed E-state index contributed by atoms with van der Waals surface area (Å²) in [5, 5.41) is 52.8. The van der Waals surface area contributed by atoms with Crippen molar-refractivity contribution in [1.29, 1.82) is 0 Å². The molecule has 5 N–H and O–H groups in total. The van der Waals surface area contributed by atoms with Crippen LogP contribution in [0.1, 0.15) is 34.0 Å². The molecule has 3 aromatic rings. The third-order valence-electron chi connectivity index (χ3n) is 6.12. The Balaban J connectivity index is 1.59. The number of hydrogen-bond acceptors (Lipinski definition) is 11. The lowest BCUT2D eigenvalue weighted by atomic mass is 9.87. The summed E-state index contributed by atoms with van der Waals surface area (Å²) in [6, 6.07) is 9.38. The van der Waals surface area contributed by atoms with Crippen LogP contribution in [0.2, 0.25) is 0 Å². The van der Waals surface area contributed by atoms with E-state index in [4.69, 9.17) is 13.9 Å². The Morgan fingerprint density at radius 1 is 1.00 bits per heavy atom. The van der Waals surface area contributed by atoms with Crippen LogP contribution >= 0.6 is 0 Å². The van der Waals surface area contributed by atoms with Crippen LogP contribution in [0.15, 0.2) is 47.1 Å². The maximum absolute atomic E-state index is 13.2. The molecule has 0 aliphatic carbocycles. The van der Waals surface area contributed by atoms with E-state index in [0.29, 0.717) is 12.0 Å². The van der Waals surface area contributed by atoms with Crippen LogP contribution in [0, 0.1) is 0 Å². The van der Waals surface area contributed by atoms with Crippen LogP contribution in [0.4, 0.5) is 4.79 Å². The van der Waals surface area contributed by atoms with Gasteiger partial charge in [0, 0.05) is 23.4 Å². The van der Waals surface area contributed by atoms with Crippen molar-refractivity contribution in [1.82, 2.24) is 0 Å². The van der Waals surface area contributed by atoms with Gasteiger partial charge in [0.1, 0.15) is 54.2 Å². The minimum absolute atomic E-state index is 0.0302. The summed E-state index contributed by atoms with van der Waals surface area (Å²) in [7, 11) is 1.09. The van der Waals surface area contributed by atoms with E-state index in [2.05, 4.69) is 4.74 Å². The SMILES string of the molecule is COC(=O)OC[C@H]1O[C@@H](c2cc(O)cc(O)c2C(=O)CCc2ccc3occc3c2)[C@H](O)[C@@H](O)[C@@H]1O. The number of ketones is 1. The molecular formula is C25H26O11. The van der Waals surface area contributed by atoms with Gasteiger partial charge in [-0.15, -0.1) is 0 Å². The number of benzene rings is 2. The zero-order chi connectivity index (χ0) is 26.0. The molecule has 2 aromatic carbocycles. The molecule has 0 saturated carbocycles. The maximum Gasteiger partial charge on any atom is 0.508 e.